The predicted molar refractivity (Wildman–Crippen MR) is 77.9 cm³/mol. The third kappa shape index (κ3) is 3.56. The van der Waals surface area contributed by atoms with Gasteiger partial charge in [0.25, 0.3) is 0 Å². The van der Waals surface area contributed by atoms with E-state index >= 15 is 0 Å². The molecule has 102 valence electrons. The lowest BCUT2D eigenvalue weighted by molar-refractivity contribution is -0.0461. The molecular formula is C16H27NO. The van der Waals surface area contributed by atoms with Crippen molar-refractivity contribution in [1.29, 1.82) is 0 Å². The smallest absolute Gasteiger partial charge is 0.0805 e. The van der Waals surface area contributed by atoms with Gasteiger partial charge >= 0.3 is 0 Å². The SMILES string of the molecule is CCOC(C)(CC)C(N)Cc1cc(C)ccc1C. The Morgan fingerprint density at radius 3 is 2.50 bits per heavy atom. The molecule has 2 nitrogen and oxygen atoms in total. The molecule has 0 saturated carbocycles. The number of benzene rings is 1. The van der Waals surface area contributed by atoms with Crippen LogP contribution in [-0.4, -0.2) is 18.2 Å². The average molecular weight is 249 g/mol. The van der Waals surface area contributed by atoms with Gasteiger partial charge in [-0.05, 0) is 51.7 Å². The number of nitrogens with two attached hydrogens (primary N) is 1. The van der Waals surface area contributed by atoms with Gasteiger partial charge in [-0.15, -0.1) is 0 Å². The molecule has 0 aliphatic heterocycles. The van der Waals surface area contributed by atoms with E-state index in [0.717, 1.165) is 12.8 Å². The maximum absolute atomic E-state index is 6.37. The Balaban J connectivity index is 2.85. The standard InChI is InChI=1S/C16H27NO/c1-6-16(5,18-7-2)15(17)11-14-10-12(3)8-9-13(14)4/h8-10,15H,6-7,11,17H2,1-5H3. The summed E-state index contributed by atoms with van der Waals surface area (Å²) in [5.41, 5.74) is 10.1. The van der Waals surface area contributed by atoms with Gasteiger partial charge in [0.1, 0.15) is 0 Å². The molecule has 0 radical (unpaired) electrons. The van der Waals surface area contributed by atoms with E-state index in [1.807, 2.05) is 6.92 Å². The van der Waals surface area contributed by atoms with Crippen molar-refractivity contribution in [2.45, 2.75) is 59.1 Å². The normalized spacial score (nSPS) is 16.3. The van der Waals surface area contributed by atoms with Gasteiger partial charge in [-0.3, -0.25) is 0 Å². The van der Waals surface area contributed by atoms with E-state index in [1.165, 1.54) is 16.7 Å². The van der Waals surface area contributed by atoms with Gasteiger partial charge < -0.3 is 10.5 Å². The lowest BCUT2D eigenvalue weighted by Gasteiger charge is -2.34. The molecule has 2 atom stereocenters. The minimum atomic E-state index is -0.231. The molecule has 0 fully saturated rings. The van der Waals surface area contributed by atoms with Crippen LogP contribution in [0.5, 0.6) is 0 Å². The Hall–Kier alpha value is -0.860. The van der Waals surface area contributed by atoms with E-state index in [-0.39, 0.29) is 11.6 Å². The largest absolute Gasteiger partial charge is 0.374 e. The number of hydrogen-bond acceptors (Lipinski definition) is 2. The summed E-state index contributed by atoms with van der Waals surface area (Å²) in [6, 6.07) is 6.58. The molecule has 0 bridgehead atoms. The highest BCUT2D eigenvalue weighted by Gasteiger charge is 2.30. The molecule has 1 aromatic carbocycles. The summed E-state index contributed by atoms with van der Waals surface area (Å²) in [7, 11) is 0. The predicted octanol–water partition coefficient (Wildman–Crippen LogP) is 3.38. The van der Waals surface area contributed by atoms with Crippen LogP contribution in [0.4, 0.5) is 0 Å². The summed E-state index contributed by atoms with van der Waals surface area (Å²) >= 11 is 0. The topological polar surface area (TPSA) is 35.2 Å². The Morgan fingerprint density at radius 1 is 1.28 bits per heavy atom. The maximum Gasteiger partial charge on any atom is 0.0805 e. The van der Waals surface area contributed by atoms with Crippen molar-refractivity contribution in [1.82, 2.24) is 0 Å². The van der Waals surface area contributed by atoms with Gasteiger partial charge in [-0.25, -0.2) is 0 Å². The van der Waals surface area contributed by atoms with Crippen LogP contribution in [0.25, 0.3) is 0 Å². The summed E-state index contributed by atoms with van der Waals surface area (Å²) in [6.45, 7) is 11.3. The molecule has 0 aliphatic carbocycles. The molecule has 2 heteroatoms. The molecule has 0 aliphatic rings. The fourth-order valence-corrected chi connectivity index (χ4v) is 2.27. The molecule has 1 aromatic rings. The molecule has 1 rings (SSSR count). The van der Waals surface area contributed by atoms with Crippen LogP contribution in [-0.2, 0) is 11.2 Å². The zero-order valence-corrected chi connectivity index (χ0v) is 12.4. The second-order valence-corrected chi connectivity index (χ2v) is 5.34. The second-order valence-electron chi connectivity index (χ2n) is 5.34. The third-order valence-electron chi connectivity index (χ3n) is 3.90. The monoisotopic (exact) mass is 249 g/mol. The third-order valence-corrected chi connectivity index (χ3v) is 3.90. The van der Waals surface area contributed by atoms with E-state index in [4.69, 9.17) is 10.5 Å². The van der Waals surface area contributed by atoms with Gasteiger partial charge in [-0.1, -0.05) is 30.7 Å². The second kappa shape index (κ2) is 6.35. The van der Waals surface area contributed by atoms with Crippen LogP contribution in [0.15, 0.2) is 18.2 Å². The molecule has 0 spiro atoms. The first-order valence-electron chi connectivity index (χ1n) is 6.88. The number of ether oxygens (including phenoxy) is 1. The van der Waals surface area contributed by atoms with Crippen molar-refractivity contribution in [2.24, 2.45) is 5.73 Å². The lowest BCUT2D eigenvalue weighted by Crippen LogP contribution is -2.48. The number of hydrogen-bond donors (Lipinski definition) is 1. The van der Waals surface area contributed by atoms with Crippen molar-refractivity contribution in [3.05, 3.63) is 34.9 Å². The molecular weight excluding hydrogens is 222 g/mol. The zero-order valence-electron chi connectivity index (χ0n) is 12.4. The molecule has 2 unspecified atom stereocenters. The summed E-state index contributed by atoms with van der Waals surface area (Å²) in [6.07, 6.45) is 1.81. The molecule has 18 heavy (non-hydrogen) atoms. The minimum absolute atomic E-state index is 0.0305. The zero-order chi connectivity index (χ0) is 13.8. The number of rotatable bonds is 6. The summed E-state index contributed by atoms with van der Waals surface area (Å²) < 4.78 is 5.86. The summed E-state index contributed by atoms with van der Waals surface area (Å²) in [5, 5.41) is 0. The highest BCUT2D eigenvalue weighted by atomic mass is 16.5. The summed E-state index contributed by atoms with van der Waals surface area (Å²) in [4.78, 5) is 0. The van der Waals surface area contributed by atoms with Crippen LogP contribution in [0, 0.1) is 13.8 Å². The van der Waals surface area contributed by atoms with E-state index in [1.54, 1.807) is 0 Å². The van der Waals surface area contributed by atoms with Crippen molar-refractivity contribution in [3.8, 4) is 0 Å². The van der Waals surface area contributed by atoms with Crippen LogP contribution < -0.4 is 5.73 Å². The van der Waals surface area contributed by atoms with Gasteiger partial charge in [0.15, 0.2) is 0 Å². The van der Waals surface area contributed by atoms with E-state index < -0.39 is 0 Å². The molecule has 2 N–H and O–H groups in total. The maximum atomic E-state index is 6.37. The molecule has 0 aromatic heterocycles. The Kier molecular flexibility index (Phi) is 5.36. The molecule has 0 saturated heterocycles. The van der Waals surface area contributed by atoms with E-state index in [9.17, 15) is 0 Å². The van der Waals surface area contributed by atoms with Crippen molar-refractivity contribution >= 4 is 0 Å². The first-order valence-corrected chi connectivity index (χ1v) is 6.88. The van der Waals surface area contributed by atoms with E-state index in [0.29, 0.717) is 6.61 Å². The van der Waals surface area contributed by atoms with Crippen molar-refractivity contribution in [2.75, 3.05) is 6.61 Å². The average Bonchev–Trinajstić information content (AvgIpc) is 2.34. The molecule has 0 heterocycles. The quantitative estimate of drug-likeness (QED) is 0.839. The fourth-order valence-electron chi connectivity index (χ4n) is 2.27. The Labute approximate surface area is 112 Å². The highest BCUT2D eigenvalue weighted by molar-refractivity contribution is 5.31. The van der Waals surface area contributed by atoms with Crippen molar-refractivity contribution in [3.63, 3.8) is 0 Å². The minimum Gasteiger partial charge on any atom is -0.374 e. The first kappa shape index (κ1) is 15.2. The molecule has 0 amide bonds. The van der Waals surface area contributed by atoms with Gasteiger partial charge in [0.05, 0.1) is 5.60 Å². The van der Waals surface area contributed by atoms with Crippen LogP contribution in [0.1, 0.15) is 43.9 Å². The lowest BCUT2D eigenvalue weighted by atomic mass is 9.87. The van der Waals surface area contributed by atoms with Crippen LogP contribution in [0.3, 0.4) is 0 Å². The first-order chi connectivity index (χ1) is 8.42. The van der Waals surface area contributed by atoms with Crippen LogP contribution >= 0.6 is 0 Å². The van der Waals surface area contributed by atoms with E-state index in [2.05, 4.69) is 45.9 Å². The van der Waals surface area contributed by atoms with Crippen molar-refractivity contribution < 1.29 is 4.74 Å². The fraction of sp³-hybridized carbons (Fsp3) is 0.625. The van der Waals surface area contributed by atoms with Gasteiger partial charge in [0, 0.05) is 12.6 Å². The van der Waals surface area contributed by atoms with Crippen LogP contribution in [0.2, 0.25) is 0 Å². The van der Waals surface area contributed by atoms with Gasteiger partial charge in [-0.2, -0.15) is 0 Å². The number of aryl methyl sites for hydroxylation is 2. The summed E-state index contributed by atoms with van der Waals surface area (Å²) in [5.74, 6) is 0. The Morgan fingerprint density at radius 2 is 1.94 bits per heavy atom. The highest BCUT2D eigenvalue weighted by Crippen LogP contribution is 2.23. The Bertz CT molecular complexity index is 389. The van der Waals surface area contributed by atoms with Gasteiger partial charge in [0.2, 0.25) is 0 Å².